The van der Waals surface area contributed by atoms with Crippen molar-refractivity contribution in [3.05, 3.63) is 323 Å². The topological polar surface area (TPSA) is 320 Å². The first-order chi connectivity index (χ1) is 55.8. The zero-order valence-electron chi connectivity index (χ0n) is 61.0. The second-order valence-corrected chi connectivity index (χ2v) is 26.1. The summed E-state index contributed by atoms with van der Waals surface area (Å²) in [7, 11) is 0. The van der Waals surface area contributed by atoms with Gasteiger partial charge in [0.1, 0.15) is 56.4 Å². The van der Waals surface area contributed by atoms with Crippen LogP contribution in [0.5, 0.6) is 0 Å². The third-order valence-electron chi connectivity index (χ3n) is 18.5. The number of ether oxygens (including phenoxy) is 18. The average Bonchev–Trinajstić information content (AvgIpc) is 0.787. The quantitative estimate of drug-likeness (QED) is 0.0476. The maximum atomic E-state index is 14.8. The van der Waals surface area contributed by atoms with Crippen LogP contribution >= 0.6 is 0 Å². The Labute approximate surface area is 653 Å². The number of carbonyl (C=O) groups is 9. The standard InChI is InChI=1S/C87H78O27/c88-76(55-28-10-1-11-29-55)103-52-64-67(109-79(91)58-34-16-4-17-35-58)70(112-82(94)61-40-22-7-23-41-61)73-85(106-64)100-49-46-98-74-71(113-83(95)62-42-24-8-25-43-62)68(110-80(92)59-36-18-5-19-37-59)65(53-104-77(89)56-30-12-2-13-31-56)107-86(74)102-51-48-99-75-72(114-84(96)63-44-26-9-27-45-63)69(111-81(93)60-38-20-6-21-39-60)66(108-87(75)101-50-47-97-73)54-105-78(90)57-32-14-3-15-33-57/h1-45,64-75,85-87H,46-54H2/t64-,65-,66-,67-,68-,69-,70+,71+,72+,73-,74-,75-,85-,86-,87+/m1/s1. The molecule has 4 fully saturated rings. The molecule has 13 rings (SSSR count). The van der Waals surface area contributed by atoms with Crippen LogP contribution in [0.25, 0.3) is 0 Å². The van der Waals surface area contributed by atoms with Crippen LogP contribution in [0.15, 0.2) is 273 Å². The van der Waals surface area contributed by atoms with Crippen molar-refractivity contribution in [2.24, 2.45) is 0 Å². The van der Waals surface area contributed by atoms with Gasteiger partial charge in [-0.2, -0.15) is 0 Å². The van der Waals surface area contributed by atoms with Gasteiger partial charge in [-0.05, 0) is 109 Å². The molecule has 0 saturated carbocycles. The number of esters is 9. The molecule has 114 heavy (non-hydrogen) atoms. The van der Waals surface area contributed by atoms with Gasteiger partial charge >= 0.3 is 53.7 Å². The number of rotatable bonds is 21. The van der Waals surface area contributed by atoms with E-state index >= 15 is 0 Å². The zero-order chi connectivity index (χ0) is 79.0. The van der Waals surface area contributed by atoms with Crippen LogP contribution in [0.3, 0.4) is 0 Å². The maximum absolute atomic E-state index is 14.8. The zero-order valence-corrected chi connectivity index (χ0v) is 61.0. The van der Waals surface area contributed by atoms with E-state index in [-0.39, 0.29) is 50.1 Å². The Morgan fingerprint density at radius 1 is 0.211 bits per heavy atom. The summed E-state index contributed by atoms with van der Waals surface area (Å²) < 4.78 is 117. The van der Waals surface area contributed by atoms with Crippen LogP contribution in [-0.2, 0) is 85.3 Å². The third-order valence-corrected chi connectivity index (χ3v) is 18.5. The number of carbonyl (C=O) groups excluding carboxylic acids is 9. The Morgan fingerprint density at radius 2 is 0.368 bits per heavy atom. The molecular formula is C87H78O27. The molecule has 0 aromatic heterocycles. The van der Waals surface area contributed by atoms with E-state index in [4.69, 9.17) is 85.3 Å². The minimum Gasteiger partial charge on any atom is -0.459 e. The van der Waals surface area contributed by atoms with Gasteiger partial charge in [0.25, 0.3) is 0 Å². The molecule has 27 heteroatoms. The molecule has 588 valence electrons. The first-order valence-corrected chi connectivity index (χ1v) is 36.7. The molecule has 0 unspecified atom stereocenters. The Kier molecular flexibility index (Phi) is 27.9. The van der Waals surface area contributed by atoms with Crippen LogP contribution < -0.4 is 0 Å². The molecule has 4 aliphatic rings. The summed E-state index contributed by atoms with van der Waals surface area (Å²) >= 11 is 0. The fourth-order valence-corrected chi connectivity index (χ4v) is 12.9. The first-order valence-electron chi connectivity index (χ1n) is 36.7. The molecule has 15 atom stereocenters. The minimum absolute atomic E-state index is 0.0386. The Hall–Kier alpha value is -12.2. The van der Waals surface area contributed by atoms with Crippen molar-refractivity contribution in [1.29, 1.82) is 0 Å². The van der Waals surface area contributed by atoms with E-state index in [1.54, 1.807) is 164 Å². The van der Waals surface area contributed by atoms with Gasteiger partial charge in [0.15, 0.2) is 55.5 Å². The van der Waals surface area contributed by atoms with Crippen molar-refractivity contribution in [2.75, 3.05) is 59.5 Å². The Morgan fingerprint density at radius 3 is 0.553 bits per heavy atom. The molecule has 4 saturated heterocycles. The number of benzene rings is 9. The molecular weight excluding hydrogens is 1480 g/mol. The summed E-state index contributed by atoms with van der Waals surface area (Å²) in [5.74, 6) is -8.11. The first kappa shape index (κ1) is 79.9. The number of hydrogen-bond donors (Lipinski definition) is 0. The van der Waals surface area contributed by atoms with Gasteiger partial charge in [0.05, 0.1) is 89.7 Å². The molecule has 4 aliphatic heterocycles. The normalized spacial score (nSPS) is 24.5. The van der Waals surface area contributed by atoms with Gasteiger partial charge in [-0.3, -0.25) is 0 Å². The van der Waals surface area contributed by atoms with E-state index in [2.05, 4.69) is 0 Å². The van der Waals surface area contributed by atoms with Crippen LogP contribution in [0, 0.1) is 0 Å². The summed E-state index contributed by atoms with van der Waals surface area (Å²) in [5.41, 5.74) is 0.704. The number of hydrogen-bond acceptors (Lipinski definition) is 27. The molecule has 9 aromatic carbocycles. The molecule has 4 heterocycles. The van der Waals surface area contributed by atoms with E-state index in [1.807, 2.05) is 0 Å². The summed E-state index contributed by atoms with van der Waals surface area (Å²) in [5, 5.41) is 0. The highest BCUT2D eigenvalue weighted by molar-refractivity contribution is 5.94. The lowest BCUT2D eigenvalue weighted by atomic mass is 9.97. The lowest BCUT2D eigenvalue weighted by Crippen LogP contribution is -2.64. The van der Waals surface area contributed by atoms with Gasteiger partial charge in [-0.15, -0.1) is 0 Å². The average molecular weight is 1560 g/mol. The highest BCUT2D eigenvalue weighted by atomic mass is 16.8. The summed E-state index contributed by atoms with van der Waals surface area (Å²) in [6, 6.07) is 71.0. The van der Waals surface area contributed by atoms with Gasteiger partial charge in [-0.25, -0.2) is 43.2 Å². The molecule has 0 aliphatic carbocycles. The van der Waals surface area contributed by atoms with Crippen molar-refractivity contribution in [1.82, 2.24) is 0 Å². The van der Waals surface area contributed by atoms with E-state index < -0.39 is 205 Å². The lowest BCUT2D eigenvalue weighted by molar-refractivity contribution is -0.332. The summed E-state index contributed by atoms with van der Waals surface area (Å²) in [6.45, 7) is -5.16. The van der Waals surface area contributed by atoms with Crippen molar-refractivity contribution >= 4 is 53.7 Å². The molecule has 27 nitrogen and oxygen atoms in total. The second-order valence-electron chi connectivity index (χ2n) is 26.1. The molecule has 0 bridgehead atoms. The maximum Gasteiger partial charge on any atom is 0.338 e. The molecule has 0 amide bonds. The van der Waals surface area contributed by atoms with Gasteiger partial charge in [-0.1, -0.05) is 164 Å². The van der Waals surface area contributed by atoms with E-state index in [9.17, 15) is 43.2 Å². The van der Waals surface area contributed by atoms with Crippen LogP contribution in [0.1, 0.15) is 93.2 Å². The highest BCUT2D eigenvalue weighted by Gasteiger charge is 2.56. The molecule has 9 aromatic rings. The Bertz CT molecular complexity index is 4170. The predicted molar refractivity (Wildman–Crippen MR) is 397 cm³/mol. The number of fused-ring (bicyclic) bond motifs is 3. The van der Waals surface area contributed by atoms with Crippen molar-refractivity contribution in [3.63, 3.8) is 0 Å². The fraction of sp³-hybridized carbons (Fsp3) is 0.276. The van der Waals surface area contributed by atoms with Crippen molar-refractivity contribution in [3.8, 4) is 0 Å². The van der Waals surface area contributed by atoms with E-state index in [0.717, 1.165) is 0 Å². The molecule has 0 N–H and O–H groups in total. The van der Waals surface area contributed by atoms with Crippen LogP contribution in [-0.4, -0.2) is 205 Å². The monoisotopic (exact) mass is 1550 g/mol. The largest absolute Gasteiger partial charge is 0.459 e. The van der Waals surface area contributed by atoms with Gasteiger partial charge in [0, 0.05) is 0 Å². The lowest BCUT2D eigenvalue weighted by Gasteiger charge is -2.46. The molecule has 0 spiro atoms. The van der Waals surface area contributed by atoms with Crippen LogP contribution in [0.4, 0.5) is 0 Å². The van der Waals surface area contributed by atoms with Gasteiger partial charge in [0.2, 0.25) is 0 Å². The van der Waals surface area contributed by atoms with E-state index in [0.29, 0.717) is 0 Å². The summed E-state index contributed by atoms with van der Waals surface area (Å²) in [4.78, 5) is 130. The third kappa shape index (κ3) is 20.9. The van der Waals surface area contributed by atoms with Crippen LogP contribution in [0.2, 0.25) is 0 Å². The second kappa shape index (κ2) is 39.8. The molecule has 0 radical (unpaired) electrons. The highest BCUT2D eigenvalue weighted by Crippen LogP contribution is 2.36. The summed E-state index contributed by atoms with van der Waals surface area (Å²) in [6.07, 6.45) is -25.4. The fourth-order valence-electron chi connectivity index (χ4n) is 12.9. The smallest absolute Gasteiger partial charge is 0.338 e. The van der Waals surface area contributed by atoms with Crippen molar-refractivity contribution in [2.45, 2.75) is 92.1 Å². The SMILES string of the molecule is O=C(OC[C@H]1O[C@H]2OCCO[C@H]3[C@@H](OCCO[C@H]4[C@H](OCCO[C@@H]2[C@@H](OC(=O)c2ccccc2)[C@@H]1OC(=O)c1ccccc1)O[C@H](COC(=O)c1ccccc1)[C@@H](OC(=O)c1ccccc1)[C@@H]4OC(=O)c1ccccc1)O[C@H](COC(=O)c1ccccc1)[C@@H](OC(=O)c1ccccc1)[C@@H]3OC(=O)c1ccccc1)c1ccccc1. The minimum atomic E-state index is -1.76. The van der Waals surface area contributed by atoms with Gasteiger partial charge < -0.3 is 85.3 Å². The Balaban J connectivity index is 0.924. The van der Waals surface area contributed by atoms with E-state index in [1.165, 1.54) is 109 Å². The van der Waals surface area contributed by atoms with Crippen molar-refractivity contribution < 1.29 is 128 Å². The predicted octanol–water partition coefficient (Wildman–Crippen LogP) is 10.3.